The molecule has 0 unspecified atom stereocenters. The van der Waals surface area contributed by atoms with Crippen LogP contribution in [0.25, 0.3) is 65.7 Å². The highest BCUT2D eigenvalue weighted by molar-refractivity contribution is 6.22. The number of nitrogens with zero attached hydrogens (tertiary/aromatic N) is 1. The SMILES string of the molecule is c1ccc(-c2cc3oc4ccccc4c3c3cc(N(c4ccccc4)c4cccc(-c5ccc6ccccc6c5)c4)ccc23)cc1. The maximum Gasteiger partial charge on any atom is 0.136 e. The number of hydrogen-bond donors (Lipinski definition) is 0. The lowest BCUT2D eigenvalue weighted by Crippen LogP contribution is -2.10. The van der Waals surface area contributed by atoms with Gasteiger partial charge in [-0.2, -0.15) is 0 Å². The molecule has 0 aliphatic rings. The van der Waals surface area contributed by atoms with Crippen LogP contribution < -0.4 is 4.90 Å². The third-order valence-corrected chi connectivity index (χ3v) is 9.01. The van der Waals surface area contributed by atoms with Gasteiger partial charge in [0.2, 0.25) is 0 Å². The zero-order chi connectivity index (χ0) is 30.5. The Hall–Kier alpha value is -6.12. The van der Waals surface area contributed by atoms with Crippen molar-refractivity contribution < 1.29 is 4.42 Å². The van der Waals surface area contributed by atoms with Crippen LogP contribution in [0.3, 0.4) is 0 Å². The molecule has 2 heteroatoms. The monoisotopic (exact) mass is 587 g/mol. The van der Waals surface area contributed by atoms with Crippen LogP contribution in [0, 0.1) is 0 Å². The Balaban J connectivity index is 1.28. The standard InChI is InChI=1S/C44H29NO/c1-3-13-31(14-4-1)40-29-43-44(39-20-9-10-21-42(39)46-43)41-28-37(24-25-38(40)41)45(35-17-5-2-6-18-35)36-19-11-16-33(27-36)34-23-22-30-12-7-8-15-32(30)26-34/h1-29H. The van der Waals surface area contributed by atoms with Crippen LogP contribution in [0.2, 0.25) is 0 Å². The average molecular weight is 588 g/mol. The largest absolute Gasteiger partial charge is 0.456 e. The van der Waals surface area contributed by atoms with Gasteiger partial charge in [-0.15, -0.1) is 0 Å². The van der Waals surface area contributed by atoms with E-state index in [2.05, 4.69) is 175 Å². The topological polar surface area (TPSA) is 16.4 Å². The maximum atomic E-state index is 6.47. The molecule has 8 aromatic carbocycles. The summed E-state index contributed by atoms with van der Waals surface area (Å²) in [5.74, 6) is 0. The molecule has 1 aromatic heterocycles. The van der Waals surface area contributed by atoms with Crippen molar-refractivity contribution in [3.05, 3.63) is 176 Å². The molecule has 0 aliphatic carbocycles. The zero-order valence-electron chi connectivity index (χ0n) is 25.1. The summed E-state index contributed by atoms with van der Waals surface area (Å²) in [6, 6.07) is 62.7. The lowest BCUT2D eigenvalue weighted by atomic mass is 9.94. The predicted molar refractivity (Wildman–Crippen MR) is 194 cm³/mol. The van der Waals surface area contributed by atoms with Gasteiger partial charge in [-0.3, -0.25) is 0 Å². The van der Waals surface area contributed by atoms with E-state index in [1.165, 1.54) is 43.8 Å². The van der Waals surface area contributed by atoms with Gasteiger partial charge in [0, 0.05) is 27.8 Å². The highest BCUT2D eigenvalue weighted by atomic mass is 16.3. The summed E-state index contributed by atoms with van der Waals surface area (Å²) >= 11 is 0. The molecule has 1 heterocycles. The molecule has 9 aromatic rings. The van der Waals surface area contributed by atoms with Gasteiger partial charge in [0.15, 0.2) is 0 Å². The van der Waals surface area contributed by atoms with Crippen molar-refractivity contribution in [2.45, 2.75) is 0 Å². The first kappa shape index (κ1) is 26.3. The smallest absolute Gasteiger partial charge is 0.136 e. The number of fused-ring (bicyclic) bond motifs is 6. The summed E-state index contributed by atoms with van der Waals surface area (Å²) in [5.41, 5.74) is 9.81. The van der Waals surface area contributed by atoms with Crippen LogP contribution in [0.5, 0.6) is 0 Å². The molecule has 0 N–H and O–H groups in total. The fourth-order valence-electron chi connectivity index (χ4n) is 6.84. The van der Waals surface area contributed by atoms with Gasteiger partial charge >= 0.3 is 0 Å². The fraction of sp³-hybridized carbons (Fsp3) is 0. The molecule has 0 bridgehead atoms. The van der Waals surface area contributed by atoms with Crippen molar-refractivity contribution in [1.29, 1.82) is 0 Å². The molecule has 0 saturated heterocycles. The Morgan fingerprint density at radius 3 is 1.89 bits per heavy atom. The third kappa shape index (κ3) is 4.43. The second-order valence-corrected chi connectivity index (χ2v) is 11.8. The zero-order valence-corrected chi connectivity index (χ0v) is 25.1. The molecule has 2 nitrogen and oxygen atoms in total. The van der Waals surface area contributed by atoms with Gasteiger partial charge in [-0.25, -0.2) is 0 Å². The molecule has 46 heavy (non-hydrogen) atoms. The predicted octanol–water partition coefficient (Wildman–Crippen LogP) is 12.7. The number of para-hydroxylation sites is 2. The lowest BCUT2D eigenvalue weighted by molar-refractivity contribution is 0.669. The third-order valence-electron chi connectivity index (χ3n) is 9.01. The first-order valence-corrected chi connectivity index (χ1v) is 15.7. The second kappa shape index (κ2) is 10.8. The molecule has 0 saturated carbocycles. The summed E-state index contributed by atoms with van der Waals surface area (Å²) in [7, 11) is 0. The molecular weight excluding hydrogens is 558 g/mol. The number of benzene rings is 8. The normalized spacial score (nSPS) is 11.5. The van der Waals surface area contributed by atoms with Crippen LogP contribution in [0.4, 0.5) is 17.1 Å². The maximum absolute atomic E-state index is 6.47. The molecule has 0 spiro atoms. The van der Waals surface area contributed by atoms with Gasteiger partial charge in [0.25, 0.3) is 0 Å². The molecule has 0 radical (unpaired) electrons. The van der Waals surface area contributed by atoms with E-state index in [4.69, 9.17) is 4.42 Å². The van der Waals surface area contributed by atoms with E-state index in [9.17, 15) is 0 Å². The van der Waals surface area contributed by atoms with E-state index in [1.54, 1.807) is 0 Å². The van der Waals surface area contributed by atoms with Crippen molar-refractivity contribution in [1.82, 2.24) is 0 Å². The van der Waals surface area contributed by atoms with Crippen LogP contribution in [0.15, 0.2) is 180 Å². The molecule has 216 valence electrons. The molecule has 0 amide bonds. The highest BCUT2D eigenvalue weighted by Gasteiger charge is 2.19. The number of furan rings is 1. The second-order valence-electron chi connectivity index (χ2n) is 11.8. The van der Waals surface area contributed by atoms with Crippen LogP contribution >= 0.6 is 0 Å². The quantitative estimate of drug-likeness (QED) is 0.199. The minimum Gasteiger partial charge on any atom is -0.456 e. The molecular formula is C44H29NO. The van der Waals surface area contributed by atoms with Gasteiger partial charge in [0.05, 0.1) is 0 Å². The van der Waals surface area contributed by atoms with Gasteiger partial charge in [0.1, 0.15) is 11.2 Å². The summed E-state index contributed by atoms with van der Waals surface area (Å²) in [6.45, 7) is 0. The van der Waals surface area contributed by atoms with Crippen molar-refractivity contribution in [3.63, 3.8) is 0 Å². The minimum absolute atomic E-state index is 0.897. The van der Waals surface area contributed by atoms with Crippen LogP contribution in [0.1, 0.15) is 0 Å². The van der Waals surface area contributed by atoms with E-state index >= 15 is 0 Å². The number of rotatable bonds is 5. The Labute approximate surface area is 267 Å². The Kier molecular flexibility index (Phi) is 6.17. The van der Waals surface area contributed by atoms with E-state index in [0.29, 0.717) is 0 Å². The van der Waals surface area contributed by atoms with E-state index in [-0.39, 0.29) is 0 Å². The molecule has 0 fully saturated rings. The van der Waals surface area contributed by atoms with Crippen LogP contribution in [-0.2, 0) is 0 Å². The van der Waals surface area contributed by atoms with Crippen molar-refractivity contribution >= 4 is 60.5 Å². The fourth-order valence-corrected chi connectivity index (χ4v) is 6.84. The Morgan fingerprint density at radius 2 is 1.02 bits per heavy atom. The molecule has 0 aliphatic heterocycles. The van der Waals surface area contributed by atoms with Crippen molar-refractivity contribution in [2.24, 2.45) is 0 Å². The molecule has 0 atom stereocenters. The first-order chi connectivity index (χ1) is 22.8. The lowest BCUT2D eigenvalue weighted by Gasteiger charge is -2.26. The minimum atomic E-state index is 0.897. The van der Waals surface area contributed by atoms with Gasteiger partial charge in [-0.1, -0.05) is 121 Å². The molecule has 9 rings (SSSR count). The van der Waals surface area contributed by atoms with Crippen LogP contribution in [-0.4, -0.2) is 0 Å². The van der Waals surface area contributed by atoms with Gasteiger partial charge in [-0.05, 0) is 98.4 Å². The van der Waals surface area contributed by atoms with Crippen molar-refractivity contribution in [2.75, 3.05) is 4.90 Å². The summed E-state index contributed by atoms with van der Waals surface area (Å²) in [5, 5.41) is 7.13. The van der Waals surface area contributed by atoms with E-state index in [0.717, 1.165) is 39.0 Å². The number of anilines is 3. The van der Waals surface area contributed by atoms with Gasteiger partial charge < -0.3 is 9.32 Å². The number of hydrogen-bond acceptors (Lipinski definition) is 2. The van der Waals surface area contributed by atoms with Crippen molar-refractivity contribution in [3.8, 4) is 22.3 Å². The van der Waals surface area contributed by atoms with E-state index < -0.39 is 0 Å². The average Bonchev–Trinajstić information content (AvgIpc) is 3.51. The Bertz CT molecular complexity index is 2530. The summed E-state index contributed by atoms with van der Waals surface area (Å²) < 4.78 is 6.47. The highest BCUT2D eigenvalue weighted by Crippen LogP contribution is 2.44. The first-order valence-electron chi connectivity index (χ1n) is 15.7. The summed E-state index contributed by atoms with van der Waals surface area (Å²) in [4.78, 5) is 2.35. The van der Waals surface area contributed by atoms with E-state index in [1.807, 2.05) is 6.07 Å². The summed E-state index contributed by atoms with van der Waals surface area (Å²) in [6.07, 6.45) is 0. The Morgan fingerprint density at radius 1 is 0.348 bits per heavy atom.